The molecule has 1 aromatic heterocycles. The number of nitrogens with zero attached hydrogens (tertiary/aromatic N) is 2. The molecule has 0 unspecified atom stereocenters. The van der Waals surface area contributed by atoms with Crippen molar-refractivity contribution in [2.45, 2.75) is 37.3 Å². The first-order valence-corrected chi connectivity index (χ1v) is 9.87. The number of nitrogens with one attached hydrogen (secondary N) is 1. The van der Waals surface area contributed by atoms with E-state index in [1.807, 2.05) is 0 Å². The van der Waals surface area contributed by atoms with Gasteiger partial charge in [0.25, 0.3) is 0 Å². The molecule has 8 heteroatoms. The summed E-state index contributed by atoms with van der Waals surface area (Å²) in [6, 6.07) is 7.04. The lowest BCUT2D eigenvalue weighted by atomic mass is 9.97. The molecule has 0 bridgehead atoms. The van der Waals surface area contributed by atoms with Crippen LogP contribution in [0.1, 0.15) is 24.1 Å². The predicted molar refractivity (Wildman–Crippen MR) is 103 cm³/mol. The van der Waals surface area contributed by atoms with Gasteiger partial charge in [0.1, 0.15) is 5.03 Å². The van der Waals surface area contributed by atoms with E-state index < -0.39 is 0 Å². The average molecular weight is 394 g/mol. The third-order valence-electron chi connectivity index (χ3n) is 4.26. The summed E-state index contributed by atoms with van der Waals surface area (Å²) in [5.41, 5.74) is 2.17. The average Bonchev–Trinajstić information content (AvgIpc) is 2.64. The molecule has 6 nitrogen and oxygen atoms in total. The van der Waals surface area contributed by atoms with E-state index in [9.17, 15) is 14.7 Å². The largest absolute Gasteiger partial charge is 0.395 e. The number of benzene rings is 1. The predicted octanol–water partition coefficient (Wildman–Crippen LogP) is 2.50. The standard InChI is InChI=1S/C18H20ClN3O3S/c19-13-6-2-3-7-14(13)20-16(24)11-26-17-12-5-1-4-8-15(12)22(9-10-23)18(25)21-17/h2-3,6-7,23H,1,4-5,8-11H2,(H,20,24). The zero-order valence-electron chi connectivity index (χ0n) is 14.2. The second-order valence-corrected chi connectivity index (χ2v) is 7.40. The minimum Gasteiger partial charge on any atom is -0.395 e. The van der Waals surface area contributed by atoms with E-state index in [0.29, 0.717) is 15.7 Å². The SMILES string of the molecule is O=C(CSc1nc(=O)n(CCO)c2c1CCCC2)Nc1ccccc1Cl. The van der Waals surface area contributed by atoms with Crippen LogP contribution in [0.5, 0.6) is 0 Å². The molecule has 1 aliphatic carbocycles. The van der Waals surface area contributed by atoms with Crippen LogP contribution in [0.2, 0.25) is 5.02 Å². The zero-order valence-corrected chi connectivity index (χ0v) is 15.8. The number of carbonyl (C=O) groups is 1. The number of rotatable bonds is 6. The number of aromatic nitrogens is 2. The number of carbonyl (C=O) groups excluding carboxylic acids is 1. The minimum absolute atomic E-state index is 0.0965. The number of anilines is 1. The number of halogens is 1. The Morgan fingerprint density at radius 1 is 1.31 bits per heavy atom. The molecule has 2 aromatic rings. The maximum absolute atomic E-state index is 12.3. The lowest BCUT2D eigenvalue weighted by molar-refractivity contribution is -0.113. The molecule has 2 N–H and O–H groups in total. The molecule has 0 saturated heterocycles. The van der Waals surface area contributed by atoms with Crippen LogP contribution >= 0.6 is 23.4 Å². The number of thioether (sulfide) groups is 1. The number of aliphatic hydroxyl groups is 1. The van der Waals surface area contributed by atoms with E-state index in [1.165, 1.54) is 11.8 Å². The fourth-order valence-electron chi connectivity index (χ4n) is 3.08. The molecule has 1 aromatic carbocycles. The summed E-state index contributed by atoms with van der Waals surface area (Å²) in [6.45, 7) is 0.160. The van der Waals surface area contributed by atoms with Gasteiger partial charge in [-0.25, -0.2) is 4.79 Å². The molecule has 0 radical (unpaired) electrons. The summed E-state index contributed by atoms with van der Waals surface area (Å²) in [5, 5.41) is 13.1. The van der Waals surface area contributed by atoms with Crippen molar-refractivity contribution in [3.8, 4) is 0 Å². The van der Waals surface area contributed by atoms with Crippen LogP contribution in [-0.2, 0) is 24.2 Å². The number of fused-ring (bicyclic) bond motifs is 1. The van der Waals surface area contributed by atoms with Crippen LogP contribution in [0.3, 0.4) is 0 Å². The van der Waals surface area contributed by atoms with Crippen LogP contribution in [0.4, 0.5) is 5.69 Å². The number of para-hydroxylation sites is 1. The second kappa shape index (κ2) is 8.70. The zero-order chi connectivity index (χ0) is 18.5. The molecule has 138 valence electrons. The fourth-order valence-corrected chi connectivity index (χ4v) is 4.14. The van der Waals surface area contributed by atoms with Crippen molar-refractivity contribution < 1.29 is 9.90 Å². The monoisotopic (exact) mass is 393 g/mol. The first kappa shape index (κ1) is 18.9. The van der Waals surface area contributed by atoms with Crippen LogP contribution in [0, 0.1) is 0 Å². The van der Waals surface area contributed by atoms with Gasteiger partial charge in [0.15, 0.2) is 0 Å². The van der Waals surface area contributed by atoms with E-state index in [-0.39, 0.29) is 30.5 Å². The summed E-state index contributed by atoms with van der Waals surface area (Å²) >= 11 is 7.32. The fraction of sp³-hybridized carbons (Fsp3) is 0.389. The van der Waals surface area contributed by atoms with E-state index >= 15 is 0 Å². The highest BCUT2D eigenvalue weighted by atomic mass is 35.5. The van der Waals surface area contributed by atoms with Crippen molar-refractivity contribution in [2.75, 3.05) is 17.7 Å². The lowest BCUT2D eigenvalue weighted by Crippen LogP contribution is -2.31. The van der Waals surface area contributed by atoms with Gasteiger partial charge in [-0.3, -0.25) is 9.36 Å². The van der Waals surface area contributed by atoms with E-state index in [1.54, 1.807) is 28.8 Å². The van der Waals surface area contributed by atoms with E-state index in [2.05, 4.69) is 10.3 Å². The number of hydrogen-bond acceptors (Lipinski definition) is 5. The Morgan fingerprint density at radius 3 is 2.85 bits per heavy atom. The normalized spacial score (nSPS) is 13.3. The summed E-state index contributed by atoms with van der Waals surface area (Å²) < 4.78 is 1.56. The maximum Gasteiger partial charge on any atom is 0.348 e. The van der Waals surface area contributed by atoms with Crippen molar-refractivity contribution in [1.82, 2.24) is 9.55 Å². The van der Waals surface area contributed by atoms with Gasteiger partial charge in [0.05, 0.1) is 29.6 Å². The van der Waals surface area contributed by atoms with Gasteiger partial charge >= 0.3 is 5.69 Å². The smallest absolute Gasteiger partial charge is 0.348 e. The van der Waals surface area contributed by atoms with Gasteiger partial charge in [-0.05, 0) is 37.8 Å². The van der Waals surface area contributed by atoms with Crippen LogP contribution in [0.15, 0.2) is 34.1 Å². The molecule has 3 rings (SSSR count). The van der Waals surface area contributed by atoms with E-state index in [4.69, 9.17) is 11.6 Å². The van der Waals surface area contributed by atoms with Crippen molar-refractivity contribution in [2.24, 2.45) is 0 Å². The Balaban J connectivity index is 1.76. The Hall–Kier alpha value is -1.83. The highest BCUT2D eigenvalue weighted by Crippen LogP contribution is 2.28. The van der Waals surface area contributed by atoms with Gasteiger partial charge in [-0.2, -0.15) is 4.98 Å². The first-order valence-electron chi connectivity index (χ1n) is 8.50. The maximum atomic E-state index is 12.3. The van der Waals surface area contributed by atoms with Gasteiger partial charge in [0.2, 0.25) is 5.91 Å². The molecular formula is C18H20ClN3O3S. The molecule has 0 aliphatic heterocycles. The Kier molecular flexibility index (Phi) is 6.34. The Bertz CT molecular complexity index is 869. The topological polar surface area (TPSA) is 84.2 Å². The molecule has 0 saturated carbocycles. The summed E-state index contributed by atoms with van der Waals surface area (Å²) in [5.74, 6) is -0.0531. The van der Waals surface area contributed by atoms with Crippen molar-refractivity contribution in [3.63, 3.8) is 0 Å². The van der Waals surface area contributed by atoms with E-state index in [0.717, 1.165) is 36.9 Å². The van der Waals surface area contributed by atoms with Crippen LogP contribution in [-0.4, -0.2) is 32.9 Å². The number of hydrogen-bond donors (Lipinski definition) is 2. The lowest BCUT2D eigenvalue weighted by Gasteiger charge is -2.22. The summed E-state index contributed by atoms with van der Waals surface area (Å²) in [7, 11) is 0. The molecule has 1 aliphatic rings. The third-order valence-corrected chi connectivity index (χ3v) is 5.61. The van der Waals surface area contributed by atoms with Gasteiger partial charge in [-0.1, -0.05) is 35.5 Å². The summed E-state index contributed by atoms with van der Waals surface area (Å²) in [4.78, 5) is 28.7. The second-order valence-electron chi connectivity index (χ2n) is 6.02. The van der Waals surface area contributed by atoms with Crippen LogP contribution in [0.25, 0.3) is 0 Å². The van der Waals surface area contributed by atoms with Gasteiger partial charge in [0, 0.05) is 11.3 Å². The van der Waals surface area contributed by atoms with Gasteiger partial charge < -0.3 is 10.4 Å². The van der Waals surface area contributed by atoms with Gasteiger partial charge in [-0.15, -0.1) is 0 Å². The number of amides is 1. The molecule has 0 spiro atoms. The molecule has 26 heavy (non-hydrogen) atoms. The molecule has 0 atom stereocenters. The highest BCUT2D eigenvalue weighted by molar-refractivity contribution is 8.00. The Morgan fingerprint density at radius 2 is 2.08 bits per heavy atom. The van der Waals surface area contributed by atoms with Crippen molar-refractivity contribution in [3.05, 3.63) is 51.0 Å². The Labute approximate surface area is 160 Å². The molecule has 1 heterocycles. The van der Waals surface area contributed by atoms with Crippen molar-refractivity contribution >= 4 is 35.0 Å². The third kappa shape index (κ3) is 4.28. The minimum atomic E-state index is -0.367. The quantitative estimate of drug-likeness (QED) is 0.582. The van der Waals surface area contributed by atoms with Crippen LogP contribution < -0.4 is 11.0 Å². The van der Waals surface area contributed by atoms with Crippen molar-refractivity contribution in [1.29, 1.82) is 0 Å². The molecule has 0 fully saturated rings. The molecule has 1 amide bonds. The molecular weight excluding hydrogens is 374 g/mol. The first-order chi connectivity index (χ1) is 12.6. The highest BCUT2D eigenvalue weighted by Gasteiger charge is 2.21. The summed E-state index contributed by atoms with van der Waals surface area (Å²) in [6.07, 6.45) is 3.68. The number of aliphatic hydroxyl groups excluding tert-OH is 1.